The van der Waals surface area contributed by atoms with Crippen molar-refractivity contribution in [2.45, 2.75) is 20.4 Å². The molecule has 2 aromatic carbocycles. The number of carbonyl (C=O) groups excluding carboxylic acids is 2. The van der Waals surface area contributed by atoms with Crippen LogP contribution in [0, 0.1) is 11.6 Å². The number of hydrogen-bond acceptors (Lipinski definition) is 2. The maximum absolute atomic E-state index is 13.1. The average molecular weight is 361 g/mol. The zero-order chi connectivity index (χ0) is 19.1. The van der Waals surface area contributed by atoms with Gasteiger partial charge >= 0.3 is 6.03 Å². The number of amides is 3. The molecule has 0 aromatic heterocycles. The summed E-state index contributed by atoms with van der Waals surface area (Å²) in [7, 11) is 0. The maximum atomic E-state index is 13.1. The van der Waals surface area contributed by atoms with Gasteiger partial charge in [-0.25, -0.2) is 13.6 Å². The molecule has 0 bridgehead atoms. The largest absolute Gasteiger partial charge is 0.339 e. The van der Waals surface area contributed by atoms with Crippen molar-refractivity contribution in [1.29, 1.82) is 0 Å². The minimum Gasteiger partial charge on any atom is -0.339 e. The number of nitrogens with zero attached hydrogens (tertiary/aromatic N) is 1. The summed E-state index contributed by atoms with van der Waals surface area (Å²) in [6.45, 7) is 5.05. The molecule has 7 heteroatoms. The Labute approximate surface area is 151 Å². The SMILES string of the molecule is CCN(CC)C(=O)c1ccc(NC(=O)NCc2cc(F)cc(F)c2)cc1. The molecule has 0 aliphatic rings. The lowest BCUT2D eigenvalue weighted by Crippen LogP contribution is -2.30. The molecule has 2 aromatic rings. The summed E-state index contributed by atoms with van der Waals surface area (Å²) >= 11 is 0. The minimum atomic E-state index is -0.698. The molecule has 0 saturated heterocycles. The molecule has 0 radical (unpaired) electrons. The number of carbonyl (C=O) groups is 2. The lowest BCUT2D eigenvalue weighted by Gasteiger charge is -2.18. The Morgan fingerprint density at radius 3 is 2.08 bits per heavy atom. The van der Waals surface area contributed by atoms with Gasteiger partial charge in [0.25, 0.3) is 5.91 Å². The van der Waals surface area contributed by atoms with E-state index in [9.17, 15) is 18.4 Å². The number of anilines is 1. The minimum absolute atomic E-state index is 0.0148. The van der Waals surface area contributed by atoms with Crippen molar-refractivity contribution in [3.63, 3.8) is 0 Å². The van der Waals surface area contributed by atoms with Crippen LogP contribution in [-0.4, -0.2) is 29.9 Å². The highest BCUT2D eigenvalue weighted by Gasteiger charge is 2.12. The van der Waals surface area contributed by atoms with Crippen LogP contribution in [-0.2, 0) is 6.54 Å². The average Bonchev–Trinajstić information content (AvgIpc) is 2.61. The molecule has 0 aliphatic heterocycles. The first-order valence-corrected chi connectivity index (χ1v) is 8.32. The van der Waals surface area contributed by atoms with Crippen LogP contribution in [0.1, 0.15) is 29.8 Å². The normalized spacial score (nSPS) is 10.3. The van der Waals surface area contributed by atoms with E-state index in [2.05, 4.69) is 10.6 Å². The number of nitrogens with one attached hydrogen (secondary N) is 2. The summed E-state index contributed by atoms with van der Waals surface area (Å²) in [6.07, 6.45) is 0. The van der Waals surface area contributed by atoms with Crippen LogP contribution in [0.2, 0.25) is 0 Å². The number of rotatable bonds is 6. The Bertz CT molecular complexity index is 755. The first kappa shape index (κ1) is 19.4. The number of urea groups is 1. The summed E-state index contributed by atoms with van der Waals surface area (Å²) in [5, 5.41) is 5.12. The molecule has 0 spiro atoms. The highest BCUT2D eigenvalue weighted by atomic mass is 19.1. The van der Waals surface area contributed by atoms with E-state index in [0.717, 1.165) is 18.2 Å². The van der Waals surface area contributed by atoms with Gasteiger partial charge in [-0.1, -0.05) is 0 Å². The van der Waals surface area contributed by atoms with Crippen LogP contribution in [0.4, 0.5) is 19.3 Å². The maximum Gasteiger partial charge on any atom is 0.319 e. The monoisotopic (exact) mass is 361 g/mol. The van der Waals surface area contributed by atoms with Gasteiger partial charge in [0.15, 0.2) is 0 Å². The van der Waals surface area contributed by atoms with Gasteiger partial charge < -0.3 is 15.5 Å². The van der Waals surface area contributed by atoms with Gasteiger partial charge in [-0.2, -0.15) is 0 Å². The fraction of sp³-hybridized carbons (Fsp3) is 0.263. The van der Waals surface area contributed by atoms with Gasteiger partial charge in [-0.3, -0.25) is 4.79 Å². The van der Waals surface area contributed by atoms with E-state index in [0.29, 0.717) is 29.9 Å². The van der Waals surface area contributed by atoms with E-state index in [1.54, 1.807) is 29.2 Å². The first-order valence-electron chi connectivity index (χ1n) is 8.32. The third-order valence-electron chi connectivity index (χ3n) is 3.82. The van der Waals surface area contributed by atoms with Gasteiger partial charge in [0, 0.05) is 37.0 Å². The van der Waals surface area contributed by atoms with E-state index >= 15 is 0 Å². The molecule has 5 nitrogen and oxygen atoms in total. The number of halogens is 2. The molecule has 0 heterocycles. The predicted octanol–water partition coefficient (Wildman–Crippen LogP) is 3.77. The molecule has 0 unspecified atom stereocenters. The van der Waals surface area contributed by atoms with Crippen LogP contribution in [0.15, 0.2) is 42.5 Å². The summed E-state index contributed by atoms with van der Waals surface area (Å²) in [4.78, 5) is 25.8. The van der Waals surface area contributed by atoms with Crippen LogP contribution in [0.5, 0.6) is 0 Å². The van der Waals surface area contributed by atoms with Gasteiger partial charge in [-0.15, -0.1) is 0 Å². The smallest absolute Gasteiger partial charge is 0.319 e. The van der Waals surface area contributed by atoms with E-state index in [4.69, 9.17) is 0 Å². The van der Waals surface area contributed by atoms with E-state index in [-0.39, 0.29) is 12.5 Å². The molecule has 26 heavy (non-hydrogen) atoms. The predicted molar refractivity (Wildman–Crippen MR) is 95.9 cm³/mol. The molecule has 0 fully saturated rings. The second-order valence-corrected chi connectivity index (χ2v) is 5.64. The third-order valence-corrected chi connectivity index (χ3v) is 3.82. The Kier molecular flexibility index (Phi) is 6.66. The molecule has 2 N–H and O–H groups in total. The molecule has 0 atom stereocenters. The van der Waals surface area contributed by atoms with Gasteiger partial charge in [0.05, 0.1) is 0 Å². The number of benzene rings is 2. The molecule has 2 rings (SSSR count). The molecule has 0 aliphatic carbocycles. The summed E-state index contributed by atoms with van der Waals surface area (Å²) in [6, 6.07) is 9.07. The fourth-order valence-electron chi connectivity index (χ4n) is 2.46. The van der Waals surface area contributed by atoms with E-state index in [1.165, 1.54) is 0 Å². The molecule has 0 saturated carbocycles. The van der Waals surface area contributed by atoms with Crippen molar-refractivity contribution >= 4 is 17.6 Å². The van der Waals surface area contributed by atoms with Crippen molar-refractivity contribution < 1.29 is 18.4 Å². The second-order valence-electron chi connectivity index (χ2n) is 5.64. The molecule has 3 amide bonds. The van der Waals surface area contributed by atoms with Gasteiger partial charge in [0.1, 0.15) is 11.6 Å². The summed E-state index contributed by atoms with van der Waals surface area (Å²) in [5.41, 5.74) is 1.36. The first-order chi connectivity index (χ1) is 12.4. The van der Waals surface area contributed by atoms with Crippen LogP contribution in [0.25, 0.3) is 0 Å². The highest BCUT2D eigenvalue weighted by molar-refractivity contribution is 5.95. The Balaban J connectivity index is 1.92. The highest BCUT2D eigenvalue weighted by Crippen LogP contribution is 2.12. The van der Waals surface area contributed by atoms with Gasteiger partial charge in [-0.05, 0) is 55.8 Å². The van der Waals surface area contributed by atoms with Crippen LogP contribution in [0.3, 0.4) is 0 Å². The van der Waals surface area contributed by atoms with Crippen LogP contribution >= 0.6 is 0 Å². The fourth-order valence-corrected chi connectivity index (χ4v) is 2.46. The van der Waals surface area contributed by atoms with E-state index < -0.39 is 17.7 Å². The van der Waals surface area contributed by atoms with Crippen molar-refractivity contribution in [3.8, 4) is 0 Å². The summed E-state index contributed by atoms with van der Waals surface area (Å²) < 4.78 is 26.2. The zero-order valence-corrected chi connectivity index (χ0v) is 14.7. The third kappa shape index (κ3) is 5.27. The van der Waals surface area contributed by atoms with Crippen molar-refractivity contribution in [2.24, 2.45) is 0 Å². The summed E-state index contributed by atoms with van der Waals surface area (Å²) in [5.74, 6) is -1.47. The topological polar surface area (TPSA) is 61.4 Å². The lowest BCUT2D eigenvalue weighted by atomic mass is 10.2. The standard InChI is InChI=1S/C19H21F2N3O2/c1-3-24(4-2)18(25)14-5-7-17(8-6-14)23-19(26)22-12-13-9-15(20)11-16(21)10-13/h5-11H,3-4,12H2,1-2H3,(H2,22,23,26). The van der Waals surface area contributed by atoms with Crippen molar-refractivity contribution in [1.82, 2.24) is 10.2 Å². The lowest BCUT2D eigenvalue weighted by molar-refractivity contribution is 0.0773. The van der Waals surface area contributed by atoms with Crippen molar-refractivity contribution in [3.05, 3.63) is 65.2 Å². The number of hydrogen-bond donors (Lipinski definition) is 2. The molecular weight excluding hydrogens is 340 g/mol. The molecule has 138 valence electrons. The zero-order valence-electron chi connectivity index (χ0n) is 14.7. The second kappa shape index (κ2) is 8.94. The Hall–Kier alpha value is -2.96. The quantitative estimate of drug-likeness (QED) is 0.823. The van der Waals surface area contributed by atoms with Crippen molar-refractivity contribution in [2.75, 3.05) is 18.4 Å². The van der Waals surface area contributed by atoms with Gasteiger partial charge in [0.2, 0.25) is 0 Å². The van der Waals surface area contributed by atoms with Crippen LogP contribution < -0.4 is 10.6 Å². The Morgan fingerprint density at radius 2 is 1.54 bits per heavy atom. The molecular formula is C19H21F2N3O2. The Morgan fingerprint density at radius 1 is 0.962 bits per heavy atom. The van der Waals surface area contributed by atoms with E-state index in [1.807, 2.05) is 13.8 Å².